The summed E-state index contributed by atoms with van der Waals surface area (Å²) in [6.07, 6.45) is 8.95. The molecule has 0 aliphatic rings. The zero-order valence-corrected chi connectivity index (χ0v) is 16.7. The van der Waals surface area contributed by atoms with Gasteiger partial charge in [0.15, 0.2) is 0 Å². The number of hydrogen-bond acceptors (Lipinski definition) is 3. The minimum Gasteiger partial charge on any atom is -0.363 e. The molecular formula is C24H30N2O2. The lowest BCUT2D eigenvalue weighted by atomic mass is 10.1. The smallest absolute Gasteiger partial charge is 0.211 e. The largest absolute Gasteiger partial charge is 0.363 e. The summed E-state index contributed by atoms with van der Waals surface area (Å²) in [5, 5.41) is 5.62. The molecule has 0 unspecified atom stereocenters. The standard InChI is InChI=1S/C16H19NO.C8H11NO/c1-2-14-8-10-15(11-9-14)12-18-13-17-16-6-4-3-5-7-16;1-3-4-5-6-8(2)9-7-10/h3-11,17H,2,12-13H2,1H3;3-7H,2H2,1H3,(H,9,10)/b;4-3-,6-5-. The van der Waals surface area contributed by atoms with Gasteiger partial charge in [-0.2, -0.15) is 0 Å². The molecule has 2 aromatic carbocycles. The number of carbonyl (C=O) groups excluding carboxylic acids is 1. The Kier molecular flexibility index (Phi) is 12.3. The monoisotopic (exact) mass is 378 g/mol. The lowest BCUT2D eigenvalue weighted by molar-refractivity contribution is -0.108. The molecule has 2 aromatic rings. The van der Waals surface area contributed by atoms with Gasteiger partial charge in [-0.1, -0.05) is 74.2 Å². The molecule has 0 fully saturated rings. The van der Waals surface area contributed by atoms with E-state index in [9.17, 15) is 4.79 Å². The van der Waals surface area contributed by atoms with Crippen molar-refractivity contribution < 1.29 is 9.53 Å². The third-order valence-electron chi connectivity index (χ3n) is 3.70. The van der Waals surface area contributed by atoms with Crippen molar-refractivity contribution in [3.63, 3.8) is 0 Å². The number of para-hydroxylation sites is 1. The van der Waals surface area contributed by atoms with Crippen LogP contribution in [0.3, 0.4) is 0 Å². The van der Waals surface area contributed by atoms with E-state index in [4.69, 9.17) is 4.74 Å². The SMILES string of the molecule is C=C(/C=C\C=C/C)NC=O.CCc1ccc(COCNc2ccccc2)cc1. The molecule has 0 atom stereocenters. The van der Waals surface area contributed by atoms with Crippen molar-refractivity contribution in [2.75, 3.05) is 12.0 Å². The Morgan fingerprint density at radius 3 is 2.32 bits per heavy atom. The van der Waals surface area contributed by atoms with Crippen LogP contribution in [0.25, 0.3) is 0 Å². The molecule has 2 rings (SSSR count). The molecule has 0 bridgehead atoms. The molecule has 0 aliphatic heterocycles. The number of amides is 1. The topological polar surface area (TPSA) is 50.4 Å². The minimum absolute atomic E-state index is 0.527. The second-order valence-electron chi connectivity index (χ2n) is 5.88. The zero-order valence-electron chi connectivity index (χ0n) is 16.7. The number of hydrogen-bond donors (Lipinski definition) is 2. The van der Waals surface area contributed by atoms with E-state index < -0.39 is 0 Å². The lowest BCUT2D eigenvalue weighted by Gasteiger charge is -2.08. The van der Waals surface area contributed by atoms with Crippen LogP contribution in [0.5, 0.6) is 0 Å². The fourth-order valence-electron chi connectivity index (χ4n) is 2.14. The molecule has 0 saturated heterocycles. The Labute approximate surface area is 168 Å². The van der Waals surface area contributed by atoms with Gasteiger partial charge in [-0.15, -0.1) is 0 Å². The summed E-state index contributed by atoms with van der Waals surface area (Å²) in [6, 6.07) is 18.6. The van der Waals surface area contributed by atoms with Crippen LogP contribution in [0.15, 0.2) is 91.2 Å². The summed E-state index contributed by atoms with van der Waals surface area (Å²) in [6.45, 7) is 8.80. The number of aryl methyl sites for hydroxylation is 1. The van der Waals surface area contributed by atoms with Crippen molar-refractivity contribution in [3.05, 3.63) is 102 Å². The number of rotatable bonds is 10. The summed E-state index contributed by atoms with van der Waals surface area (Å²) in [7, 11) is 0. The van der Waals surface area contributed by atoms with Gasteiger partial charge in [-0.3, -0.25) is 4.79 Å². The van der Waals surface area contributed by atoms with Gasteiger partial charge in [-0.05, 0) is 42.7 Å². The lowest BCUT2D eigenvalue weighted by Crippen LogP contribution is -2.05. The van der Waals surface area contributed by atoms with Gasteiger partial charge in [0.2, 0.25) is 6.41 Å². The van der Waals surface area contributed by atoms with Crippen LogP contribution < -0.4 is 10.6 Å². The first-order chi connectivity index (χ1) is 13.7. The molecule has 2 N–H and O–H groups in total. The van der Waals surface area contributed by atoms with Crippen molar-refractivity contribution in [2.45, 2.75) is 26.9 Å². The maximum absolute atomic E-state index is 9.82. The molecule has 4 nitrogen and oxygen atoms in total. The Balaban J connectivity index is 0.000000336. The van der Waals surface area contributed by atoms with Crippen molar-refractivity contribution >= 4 is 12.1 Å². The second-order valence-corrected chi connectivity index (χ2v) is 5.88. The average molecular weight is 379 g/mol. The number of nitrogens with one attached hydrogen (secondary N) is 2. The predicted octanol–water partition coefficient (Wildman–Crippen LogP) is 5.21. The average Bonchev–Trinajstić information content (AvgIpc) is 2.73. The summed E-state index contributed by atoms with van der Waals surface area (Å²) in [4.78, 5) is 9.82. The molecule has 0 radical (unpaired) electrons. The molecule has 4 heteroatoms. The number of ether oxygens (including phenoxy) is 1. The highest BCUT2D eigenvalue weighted by Gasteiger charge is 1.94. The van der Waals surface area contributed by atoms with E-state index in [0.29, 0.717) is 25.4 Å². The quantitative estimate of drug-likeness (QED) is 0.258. The number of allylic oxidation sites excluding steroid dienone is 4. The molecule has 0 aromatic heterocycles. The zero-order chi connectivity index (χ0) is 20.5. The maximum atomic E-state index is 9.82. The van der Waals surface area contributed by atoms with E-state index in [-0.39, 0.29) is 0 Å². The maximum Gasteiger partial charge on any atom is 0.211 e. The van der Waals surface area contributed by atoms with Gasteiger partial charge in [-0.25, -0.2) is 0 Å². The van der Waals surface area contributed by atoms with Gasteiger partial charge in [0.1, 0.15) is 6.73 Å². The van der Waals surface area contributed by atoms with E-state index in [2.05, 4.69) is 48.4 Å². The first-order valence-electron chi connectivity index (χ1n) is 9.32. The van der Waals surface area contributed by atoms with Crippen LogP contribution in [0.4, 0.5) is 5.69 Å². The third kappa shape index (κ3) is 10.8. The fourth-order valence-corrected chi connectivity index (χ4v) is 2.14. The van der Waals surface area contributed by atoms with Gasteiger partial charge < -0.3 is 15.4 Å². The Bertz CT molecular complexity index is 735. The summed E-state index contributed by atoms with van der Waals surface area (Å²) >= 11 is 0. The van der Waals surface area contributed by atoms with Crippen molar-refractivity contribution in [3.8, 4) is 0 Å². The van der Waals surface area contributed by atoms with Crippen LogP contribution in [-0.4, -0.2) is 13.1 Å². The highest BCUT2D eigenvalue weighted by atomic mass is 16.5. The molecule has 0 heterocycles. The first kappa shape index (κ1) is 22.9. The third-order valence-corrected chi connectivity index (χ3v) is 3.70. The van der Waals surface area contributed by atoms with Crippen molar-refractivity contribution in [2.24, 2.45) is 0 Å². The minimum atomic E-state index is 0.527. The van der Waals surface area contributed by atoms with E-state index in [1.165, 1.54) is 11.1 Å². The predicted molar refractivity (Wildman–Crippen MR) is 118 cm³/mol. The molecular weight excluding hydrogens is 348 g/mol. The van der Waals surface area contributed by atoms with Gasteiger partial charge >= 0.3 is 0 Å². The van der Waals surface area contributed by atoms with Gasteiger partial charge in [0.05, 0.1) is 6.61 Å². The van der Waals surface area contributed by atoms with Crippen LogP contribution in [0.1, 0.15) is 25.0 Å². The Morgan fingerprint density at radius 2 is 1.71 bits per heavy atom. The molecule has 0 spiro atoms. The van der Waals surface area contributed by atoms with E-state index in [1.54, 1.807) is 12.2 Å². The molecule has 148 valence electrons. The summed E-state index contributed by atoms with van der Waals surface area (Å²) < 4.78 is 5.59. The van der Waals surface area contributed by atoms with Crippen LogP contribution in [-0.2, 0) is 22.6 Å². The van der Waals surface area contributed by atoms with E-state index >= 15 is 0 Å². The van der Waals surface area contributed by atoms with Crippen LogP contribution in [0, 0.1) is 0 Å². The van der Waals surface area contributed by atoms with E-state index in [0.717, 1.165) is 12.1 Å². The number of carbonyl (C=O) groups is 1. The molecule has 28 heavy (non-hydrogen) atoms. The molecule has 0 aliphatic carbocycles. The first-order valence-corrected chi connectivity index (χ1v) is 9.32. The second kappa shape index (κ2) is 15.0. The van der Waals surface area contributed by atoms with Crippen molar-refractivity contribution in [1.82, 2.24) is 5.32 Å². The molecule has 1 amide bonds. The summed E-state index contributed by atoms with van der Waals surface area (Å²) in [5.41, 5.74) is 4.25. The van der Waals surface area contributed by atoms with Gasteiger partial charge in [0, 0.05) is 11.4 Å². The van der Waals surface area contributed by atoms with Crippen LogP contribution in [0.2, 0.25) is 0 Å². The molecule has 0 saturated carbocycles. The Hall–Kier alpha value is -3.11. The summed E-state index contributed by atoms with van der Waals surface area (Å²) in [5.74, 6) is 0. The van der Waals surface area contributed by atoms with Crippen LogP contribution >= 0.6 is 0 Å². The van der Waals surface area contributed by atoms with Crippen molar-refractivity contribution in [1.29, 1.82) is 0 Å². The fraction of sp³-hybridized carbons (Fsp3) is 0.208. The number of anilines is 1. The number of benzene rings is 2. The highest BCUT2D eigenvalue weighted by molar-refractivity contribution is 5.51. The Morgan fingerprint density at radius 1 is 1.04 bits per heavy atom. The van der Waals surface area contributed by atoms with Gasteiger partial charge in [0.25, 0.3) is 0 Å². The highest BCUT2D eigenvalue weighted by Crippen LogP contribution is 2.07. The normalized spacial score (nSPS) is 10.4. The van der Waals surface area contributed by atoms with E-state index in [1.807, 2.05) is 49.4 Å².